The lowest BCUT2D eigenvalue weighted by molar-refractivity contribution is 0.868. The van der Waals surface area contributed by atoms with Crippen LogP contribution in [0.2, 0.25) is 0 Å². The van der Waals surface area contributed by atoms with E-state index in [1.165, 1.54) is 39.0 Å². The molecule has 0 spiro atoms. The molecule has 0 fully saturated rings. The van der Waals surface area contributed by atoms with Gasteiger partial charge in [-0.3, -0.25) is 0 Å². The highest BCUT2D eigenvalue weighted by molar-refractivity contribution is 5.93. The molecular formula is C25H22. The first-order chi connectivity index (χ1) is 12.3. The van der Waals surface area contributed by atoms with Crippen LogP contribution < -0.4 is 0 Å². The van der Waals surface area contributed by atoms with Gasteiger partial charge in [-0.2, -0.15) is 0 Å². The summed E-state index contributed by atoms with van der Waals surface area (Å²) in [5.74, 6) is 0.470. The lowest BCUT2D eigenvalue weighted by Crippen LogP contribution is -2.12. The molecule has 2 aliphatic rings. The molecule has 25 heavy (non-hydrogen) atoms. The molecule has 2 aromatic carbocycles. The van der Waals surface area contributed by atoms with Crippen molar-refractivity contribution < 1.29 is 0 Å². The summed E-state index contributed by atoms with van der Waals surface area (Å²) in [7, 11) is 0. The second-order valence-corrected chi connectivity index (χ2v) is 6.54. The fourth-order valence-corrected chi connectivity index (χ4v) is 4.00. The van der Waals surface area contributed by atoms with Crippen LogP contribution in [-0.4, -0.2) is 0 Å². The van der Waals surface area contributed by atoms with Crippen LogP contribution in [0, 0.1) is 0 Å². The van der Waals surface area contributed by atoms with E-state index in [-0.39, 0.29) is 0 Å². The first-order valence-electron chi connectivity index (χ1n) is 8.89. The highest BCUT2D eigenvalue weighted by Crippen LogP contribution is 2.49. The predicted molar refractivity (Wildman–Crippen MR) is 109 cm³/mol. The van der Waals surface area contributed by atoms with Crippen LogP contribution in [-0.2, 0) is 0 Å². The van der Waals surface area contributed by atoms with E-state index in [4.69, 9.17) is 0 Å². The Hall–Kier alpha value is -2.86. The van der Waals surface area contributed by atoms with Gasteiger partial charge < -0.3 is 0 Å². The van der Waals surface area contributed by atoms with Gasteiger partial charge in [0.1, 0.15) is 0 Å². The minimum absolute atomic E-state index is 0.470. The maximum Gasteiger partial charge on any atom is 0.0136 e. The highest BCUT2D eigenvalue weighted by Gasteiger charge is 2.29. The Morgan fingerprint density at radius 1 is 1.08 bits per heavy atom. The quantitative estimate of drug-likeness (QED) is 0.537. The highest BCUT2D eigenvalue weighted by atomic mass is 14.3. The van der Waals surface area contributed by atoms with Crippen molar-refractivity contribution in [2.45, 2.75) is 19.3 Å². The molecule has 0 nitrogen and oxygen atoms in total. The van der Waals surface area contributed by atoms with E-state index in [0.29, 0.717) is 5.92 Å². The SMILES string of the molecule is C=C/C=C(\C=C/C)c1ccc2c(c1)-c1ccccc1C1=CC=CCC12. The molecule has 0 heterocycles. The Kier molecular flexibility index (Phi) is 4.11. The lowest BCUT2D eigenvalue weighted by atomic mass is 9.72. The van der Waals surface area contributed by atoms with Gasteiger partial charge in [0.2, 0.25) is 0 Å². The predicted octanol–water partition coefficient (Wildman–Crippen LogP) is 6.94. The summed E-state index contributed by atoms with van der Waals surface area (Å²) in [5.41, 5.74) is 9.42. The van der Waals surface area contributed by atoms with E-state index in [0.717, 1.165) is 6.42 Å². The average Bonchev–Trinajstić information content (AvgIpc) is 2.68. The van der Waals surface area contributed by atoms with E-state index >= 15 is 0 Å². The molecule has 1 atom stereocenters. The molecule has 4 rings (SSSR count). The van der Waals surface area contributed by atoms with Crippen LogP contribution in [0.15, 0.2) is 91.6 Å². The fourth-order valence-electron chi connectivity index (χ4n) is 4.00. The van der Waals surface area contributed by atoms with E-state index in [1.54, 1.807) is 0 Å². The van der Waals surface area contributed by atoms with Gasteiger partial charge >= 0.3 is 0 Å². The topological polar surface area (TPSA) is 0 Å². The second kappa shape index (κ2) is 6.57. The molecule has 0 saturated carbocycles. The Bertz CT molecular complexity index is 948. The molecule has 122 valence electrons. The molecule has 0 radical (unpaired) electrons. The van der Waals surface area contributed by atoms with Crippen molar-refractivity contribution in [3.8, 4) is 11.1 Å². The maximum absolute atomic E-state index is 3.86. The van der Waals surface area contributed by atoms with Crippen molar-refractivity contribution in [2.75, 3.05) is 0 Å². The van der Waals surface area contributed by atoms with Crippen molar-refractivity contribution in [3.63, 3.8) is 0 Å². The molecule has 1 unspecified atom stereocenters. The number of benzene rings is 2. The van der Waals surface area contributed by atoms with E-state index in [2.05, 4.69) is 92.4 Å². The van der Waals surface area contributed by atoms with Crippen molar-refractivity contribution >= 4 is 11.1 Å². The number of hydrogen-bond acceptors (Lipinski definition) is 0. The zero-order valence-corrected chi connectivity index (χ0v) is 14.6. The molecule has 0 amide bonds. The summed E-state index contributed by atoms with van der Waals surface area (Å²) in [6.45, 7) is 5.91. The Morgan fingerprint density at radius 3 is 2.72 bits per heavy atom. The first-order valence-corrected chi connectivity index (χ1v) is 8.89. The third-order valence-corrected chi connectivity index (χ3v) is 5.09. The van der Waals surface area contributed by atoms with Crippen LogP contribution in [0.1, 0.15) is 36.0 Å². The molecule has 0 aliphatic heterocycles. The minimum atomic E-state index is 0.470. The second-order valence-electron chi connectivity index (χ2n) is 6.54. The molecule has 2 aliphatic carbocycles. The Balaban J connectivity index is 1.94. The standard InChI is InChI=1S/C25H22/c1-3-9-18(10-4-2)19-15-16-24-22-13-6-5-11-20(22)21-12-7-8-14-23(21)25(24)17-19/h3-12,14-17,22H,1,13H2,2H3/b10-4-,18-9+. The number of allylic oxidation sites excluding steroid dienone is 9. The van der Waals surface area contributed by atoms with Gasteiger partial charge in [0, 0.05) is 5.92 Å². The summed E-state index contributed by atoms with van der Waals surface area (Å²) < 4.78 is 0. The first kappa shape index (κ1) is 15.7. The Labute approximate surface area is 150 Å². The summed E-state index contributed by atoms with van der Waals surface area (Å²) in [6, 6.07) is 15.7. The monoisotopic (exact) mass is 322 g/mol. The van der Waals surface area contributed by atoms with Crippen LogP contribution in [0.4, 0.5) is 0 Å². The molecule has 0 saturated heterocycles. The van der Waals surface area contributed by atoms with Gasteiger partial charge in [-0.05, 0) is 58.4 Å². The van der Waals surface area contributed by atoms with Gasteiger partial charge in [-0.25, -0.2) is 0 Å². The molecular weight excluding hydrogens is 300 g/mol. The number of rotatable bonds is 3. The van der Waals surface area contributed by atoms with E-state index in [1.807, 2.05) is 6.08 Å². The lowest BCUT2D eigenvalue weighted by Gasteiger charge is -2.32. The molecule has 0 aromatic heterocycles. The number of hydrogen-bond donors (Lipinski definition) is 0. The minimum Gasteiger partial charge on any atom is -0.0990 e. The summed E-state index contributed by atoms with van der Waals surface area (Å²) >= 11 is 0. The van der Waals surface area contributed by atoms with Gasteiger partial charge in [0.15, 0.2) is 0 Å². The molecule has 2 aromatic rings. The Morgan fingerprint density at radius 2 is 1.92 bits per heavy atom. The van der Waals surface area contributed by atoms with Crippen molar-refractivity contribution in [2.24, 2.45) is 0 Å². The van der Waals surface area contributed by atoms with Crippen LogP contribution in [0.3, 0.4) is 0 Å². The normalized spacial score (nSPS) is 18.4. The zero-order valence-electron chi connectivity index (χ0n) is 14.6. The molecule has 0 N–H and O–H groups in total. The van der Waals surface area contributed by atoms with Gasteiger partial charge in [-0.1, -0.05) is 85.5 Å². The summed E-state index contributed by atoms with van der Waals surface area (Å²) in [4.78, 5) is 0. The van der Waals surface area contributed by atoms with Gasteiger partial charge in [0.05, 0.1) is 0 Å². The van der Waals surface area contributed by atoms with Gasteiger partial charge in [-0.15, -0.1) is 0 Å². The largest absolute Gasteiger partial charge is 0.0990 e. The fraction of sp³-hybridized carbons (Fsp3) is 0.120. The van der Waals surface area contributed by atoms with Crippen molar-refractivity contribution in [3.05, 3.63) is 108 Å². The van der Waals surface area contributed by atoms with Crippen LogP contribution >= 0.6 is 0 Å². The maximum atomic E-state index is 3.86. The van der Waals surface area contributed by atoms with Crippen molar-refractivity contribution in [1.82, 2.24) is 0 Å². The average molecular weight is 322 g/mol. The smallest absolute Gasteiger partial charge is 0.0136 e. The summed E-state index contributed by atoms with van der Waals surface area (Å²) in [6.07, 6.45) is 16.0. The third kappa shape index (κ3) is 2.64. The van der Waals surface area contributed by atoms with Crippen molar-refractivity contribution in [1.29, 1.82) is 0 Å². The summed E-state index contributed by atoms with van der Waals surface area (Å²) in [5, 5.41) is 0. The third-order valence-electron chi connectivity index (χ3n) is 5.09. The van der Waals surface area contributed by atoms with Crippen LogP contribution in [0.25, 0.3) is 22.3 Å². The van der Waals surface area contributed by atoms with E-state index in [9.17, 15) is 0 Å². The molecule has 0 bridgehead atoms. The molecule has 0 heteroatoms. The van der Waals surface area contributed by atoms with Gasteiger partial charge in [0.25, 0.3) is 0 Å². The zero-order chi connectivity index (χ0) is 17.2. The van der Waals surface area contributed by atoms with Crippen LogP contribution in [0.5, 0.6) is 0 Å². The van der Waals surface area contributed by atoms with E-state index < -0.39 is 0 Å². The number of fused-ring (bicyclic) bond motifs is 6.